The van der Waals surface area contributed by atoms with Crippen LogP contribution in [0.4, 0.5) is 11.4 Å². The molecule has 7 aromatic carbocycles. The summed E-state index contributed by atoms with van der Waals surface area (Å²) in [5.41, 5.74) is 0.805. The van der Waals surface area contributed by atoms with E-state index in [-0.39, 0.29) is 100 Å². The van der Waals surface area contributed by atoms with Gasteiger partial charge < -0.3 is 19.0 Å². The molecular formula is C53H26N6O12. The third-order valence-electron chi connectivity index (χ3n) is 13.0. The first-order valence-electron chi connectivity index (χ1n) is 21.6. The van der Waals surface area contributed by atoms with E-state index in [1.807, 2.05) is 0 Å². The zero-order valence-electron chi connectivity index (χ0n) is 36.3. The SMILES string of the molecule is Cn1c(=O)c2cc3c(=O)n(-c4ccc5oc(-c6cc(O)c(-c7nc8cc(N9C(=O)c%10ccc(-c%11ccc%12c(c%11)C(=O)N(c%11ccccc%11)C%12=O)cc%10C9=O)ccc8o7)cc6O)nc5c4)c(=O)c3cc2c1=O. The predicted octanol–water partition coefficient (Wildman–Crippen LogP) is 6.73. The number of phenolic OH excluding ortho intramolecular Hbond substituents is 2. The van der Waals surface area contributed by atoms with E-state index in [1.165, 1.54) is 73.8 Å². The minimum atomic E-state index is -0.706. The Morgan fingerprint density at radius 1 is 0.408 bits per heavy atom. The lowest BCUT2D eigenvalue weighted by Crippen LogP contribution is -2.29. The highest BCUT2D eigenvalue weighted by Crippen LogP contribution is 2.42. The second-order valence-electron chi connectivity index (χ2n) is 17.0. The monoisotopic (exact) mass is 938 g/mol. The Kier molecular flexibility index (Phi) is 8.25. The molecule has 0 bridgehead atoms. The van der Waals surface area contributed by atoms with Crippen molar-refractivity contribution in [2.45, 2.75) is 0 Å². The van der Waals surface area contributed by atoms with E-state index in [0.717, 1.165) is 18.9 Å². The Bertz CT molecular complexity index is 4450. The van der Waals surface area contributed by atoms with E-state index in [9.17, 15) is 48.6 Å². The summed E-state index contributed by atoms with van der Waals surface area (Å²) in [5, 5.41) is 22.5. The molecule has 4 aromatic heterocycles. The number of aromatic hydroxyl groups is 2. The molecule has 71 heavy (non-hydrogen) atoms. The van der Waals surface area contributed by atoms with Crippen molar-refractivity contribution in [3.8, 4) is 51.2 Å². The number of imide groups is 2. The molecule has 4 amide bonds. The van der Waals surface area contributed by atoms with Crippen molar-refractivity contribution in [3.63, 3.8) is 0 Å². The number of hydrogen-bond donors (Lipinski definition) is 2. The van der Waals surface area contributed by atoms with Crippen molar-refractivity contribution in [2.75, 3.05) is 9.80 Å². The summed E-state index contributed by atoms with van der Waals surface area (Å²) in [6.45, 7) is 0. The van der Waals surface area contributed by atoms with Crippen LogP contribution >= 0.6 is 0 Å². The van der Waals surface area contributed by atoms with E-state index in [2.05, 4.69) is 9.97 Å². The molecule has 18 heteroatoms. The molecule has 0 saturated carbocycles. The van der Waals surface area contributed by atoms with Crippen LogP contribution in [0.3, 0.4) is 0 Å². The van der Waals surface area contributed by atoms with E-state index in [1.54, 1.807) is 60.7 Å². The first-order chi connectivity index (χ1) is 34.2. The van der Waals surface area contributed by atoms with Gasteiger partial charge in [-0.3, -0.25) is 42.9 Å². The van der Waals surface area contributed by atoms with Crippen LogP contribution in [0.5, 0.6) is 11.5 Å². The van der Waals surface area contributed by atoms with Gasteiger partial charge in [0, 0.05) is 7.05 Å². The maximum Gasteiger partial charge on any atom is 0.266 e. The average molecular weight is 939 g/mol. The molecule has 340 valence electrons. The summed E-state index contributed by atoms with van der Waals surface area (Å²) >= 11 is 0. The second kappa shape index (κ2) is 14.3. The van der Waals surface area contributed by atoms with Gasteiger partial charge in [-0.1, -0.05) is 30.3 Å². The Morgan fingerprint density at radius 2 is 0.845 bits per heavy atom. The fourth-order valence-electron chi connectivity index (χ4n) is 9.48. The van der Waals surface area contributed by atoms with Crippen LogP contribution in [0.15, 0.2) is 155 Å². The molecule has 0 fully saturated rings. The Labute approximate surface area is 394 Å². The van der Waals surface area contributed by atoms with Crippen LogP contribution < -0.4 is 32.0 Å². The van der Waals surface area contributed by atoms with Crippen molar-refractivity contribution >= 4 is 78.7 Å². The second-order valence-corrected chi connectivity index (χ2v) is 17.0. The van der Waals surface area contributed by atoms with Gasteiger partial charge in [0.15, 0.2) is 11.2 Å². The summed E-state index contributed by atoms with van der Waals surface area (Å²) in [6.07, 6.45) is 0. The first-order valence-corrected chi connectivity index (χ1v) is 21.6. The molecule has 6 heterocycles. The van der Waals surface area contributed by atoms with Crippen molar-refractivity contribution in [1.29, 1.82) is 0 Å². The van der Waals surface area contributed by atoms with E-state index < -0.39 is 57.4 Å². The molecule has 0 aliphatic carbocycles. The largest absolute Gasteiger partial charge is 0.507 e. The molecule has 0 spiro atoms. The Morgan fingerprint density at radius 3 is 1.35 bits per heavy atom. The average Bonchev–Trinajstić information content (AvgIpc) is 4.20. The van der Waals surface area contributed by atoms with Crippen molar-refractivity contribution < 1.29 is 38.2 Å². The minimum absolute atomic E-state index is 0.0206. The van der Waals surface area contributed by atoms with Crippen molar-refractivity contribution in [1.82, 2.24) is 19.1 Å². The summed E-state index contributed by atoms with van der Waals surface area (Å²) in [4.78, 5) is 118. The van der Waals surface area contributed by atoms with Crippen molar-refractivity contribution in [2.24, 2.45) is 7.05 Å². The number of oxazole rings is 2. The molecular weight excluding hydrogens is 913 g/mol. The highest BCUT2D eigenvalue weighted by molar-refractivity contribution is 6.36. The summed E-state index contributed by atoms with van der Waals surface area (Å²) < 4.78 is 13.7. The highest BCUT2D eigenvalue weighted by atomic mass is 16.4. The van der Waals surface area contributed by atoms with Crippen LogP contribution in [0.1, 0.15) is 41.4 Å². The summed E-state index contributed by atoms with van der Waals surface area (Å²) in [7, 11) is 1.31. The number of hydrogen-bond acceptors (Lipinski definition) is 14. The molecule has 18 nitrogen and oxygen atoms in total. The number of benzene rings is 7. The summed E-state index contributed by atoms with van der Waals surface area (Å²) in [5.74, 6) is -3.13. The quantitative estimate of drug-likeness (QED) is 0.130. The Hall–Kier alpha value is -10.4. The van der Waals surface area contributed by atoms with Gasteiger partial charge in [0.1, 0.15) is 22.5 Å². The van der Waals surface area contributed by atoms with Crippen LogP contribution in [0.25, 0.3) is 83.5 Å². The third kappa shape index (κ3) is 5.75. The fraction of sp³-hybridized carbons (Fsp3) is 0.0189. The molecule has 0 saturated heterocycles. The van der Waals surface area contributed by atoms with E-state index >= 15 is 0 Å². The molecule has 2 N–H and O–H groups in total. The maximum absolute atomic E-state index is 14.0. The molecule has 11 aromatic rings. The first kappa shape index (κ1) is 40.9. The van der Waals surface area contributed by atoms with Gasteiger partial charge in [0.05, 0.1) is 72.0 Å². The number of para-hydroxylation sites is 1. The van der Waals surface area contributed by atoms with Gasteiger partial charge in [-0.05, 0) is 108 Å². The van der Waals surface area contributed by atoms with Crippen LogP contribution in [0, 0.1) is 0 Å². The molecule has 13 rings (SSSR count). The van der Waals surface area contributed by atoms with Gasteiger partial charge >= 0.3 is 0 Å². The number of aromatic nitrogens is 4. The number of rotatable bonds is 6. The van der Waals surface area contributed by atoms with Crippen molar-refractivity contribution in [3.05, 3.63) is 191 Å². The third-order valence-corrected chi connectivity index (χ3v) is 13.0. The van der Waals surface area contributed by atoms with Gasteiger partial charge in [-0.2, -0.15) is 0 Å². The van der Waals surface area contributed by atoms with Crippen LogP contribution in [0.2, 0.25) is 0 Å². The lowest BCUT2D eigenvalue weighted by Gasteiger charge is -2.13. The van der Waals surface area contributed by atoms with E-state index in [0.29, 0.717) is 16.8 Å². The molecule has 2 aliphatic heterocycles. The van der Waals surface area contributed by atoms with Gasteiger partial charge in [0.2, 0.25) is 11.8 Å². The number of carbonyl (C=O) groups excluding carboxylic acids is 4. The summed E-state index contributed by atoms with van der Waals surface area (Å²) in [6, 6.07) is 31.9. The number of fused-ring (bicyclic) bond motifs is 6. The Balaban J connectivity index is 0.771. The molecule has 0 atom stereocenters. The number of amides is 4. The number of anilines is 2. The number of nitrogens with zero attached hydrogens (tertiary/aromatic N) is 6. The fourth-order valence-corrected chi connectivity index (χ4v) is 9.48. The minimum Gasteiger partial charge on any atom is -0.507 e. The number of phenols is 2. The van der Waals surface area contributed by atoms with Gasteiger partial charge in [-0.25, -0.2) is 24.3 Å². The normalized spacial score (nSPS) is 13.5. The highest BCUT2D eigenvalue weighted by Gasteiger charge is 2.39. The predicted molar refractivity (Wildman–Crippen MR) is 257 cm³/mol. The lowest BCUT2D eigenvalue weighted by molar-refractivity contribution is 0.0910. The molecule has 0 radical (unpaired) electrons. The van der Waals surface area contributed by atoms with Crippen LogP contribution in [-0.4, -0.2) is 52.9 Å². The topological polar surface area (TPSA) is 245 Å². The van der Waals surface area contributed by atoms with Gasteiger partial charge in [-0.15, -0.1) is 0 Å². The van der Waals surface area contributed by atoms with Crippen LogP contribution in [-0.2, 0) is 7.05 Å². The molecule has 0 unspecified atom stereocenters. The van der Waals surface area contributed by atoms with E-state index in [4.69, 9.17) is 8.83 Å². The number of carbonyl (C=O) groups is 4. The lowest BCUT2D eigenvalue weighted by atomic mass is 9.97. The standard InChI is InChI=1S/C53H26N6O12/c1-56-46(62)32-19-34-35(20-33(32)47(56)63)53(69)59(52(34)68)27-10-14-43-39(18-27)55-45(71-43)37-22-40(60)36(21-41(37)61)44-54-38-17-26(9-13-42(38)70-44)58-49(65)29-12-8-24(16-31(29)51(58)67)23-7-11-28-30(15-23)50(66)57(48(28)64)25-5-3-2-4-6-25/h2-22,60-61H,1H3. The maximum atomic E-state index is 14.0. The zero-order valence-corrected chi connectivity index (χ0v) is 36.3. The molecule has 2 aliphatic rings. The smallest absolute Gasteiger partial charge is 0.266 e. The van der Waals surface area contributed by atoms with Gasteiger partial charge in [0.25, 0.3) is 45.9 Å². The zero-order chi connectivity index (χ0) is 48.9.